The third kappa shape index (κ3) is 3.82. The Hall–Kier alpha value is -1.36. The predicted octanol–water partition coefficient (Wildman–Crippen LogP) is 2.43. The topological polar surface area (TPSA) is 61.3 Å². The van der Waals surface area contributed by atoms with Gasteiger partial charge in [0.1, 0.15) is 18.0 Å². The molecule has 1 aliphatic rings. The van der Waals surface area contributed by atoms with Gasteiger partial charge in [-0.05, 0) is 32.1 Å². The maximum atomic E-state index is 10.3. The fourth-order valence-corrected chi connectivity index (χ4v) is 2.49. The number of hydrogen-bond acceptors (Lipinski definition) is 5. The van der Waals surface area contributed by atoms with Gasteiger partial charge in [-0.25, -0.2) is 9.97 Å². The highest BCUT2D eigenvalue weighted by Crippen LogP contribution is 2.20. The Balaban J connectivity index is 1.98. The first kappa shape index (κ1) is 15.0. The van der Waals surface area contributed by atoms with Crippen molar-refractivity contribution in [2.75, 3.05) is 29.9 Å². The monoisotopic (exact) mass is 278 g/mol. The van der Waals surface area contributed by atoms with Gasteiger partial charge in [0, 0.05) is 25.7 Å². The Morgan fingerprint density at radius 2 is 1.90 bits per heavy atom. The molecule has 2 heterocycles. The molecule has 112 valence electrons. The molecular formula is C15H26N4O. The molecule has 0 radical (unpaired) electrons. The Kier molecular flexibility index (Phi) is 5.17. The van der Waals surface area contributed by atoms with Gasteiger partial charge in [-0.3, -0.25) is 0 Å². The number of aromatic nitrogens is 2. The van der Waals surface area contributed by atoms with Crippen LogP contribution in [-0.4, -0.2) is 40.3 Å². The molecule has 1 aromatic rings. The van der Waals surface area contributed by atoms with Crippen molar-refractivity contribution in [1.29, 1.82) is 0 Å². The van der Waals surface area contributed by atoms with E-state index in [-0.39, 0.29) is 0 Å². The van der Waals surface area contributed by atoms with Gasteiger partial charge in [-0.1, -0.05) is 13.8 Å². The van der Waals surface area contributed by atoms with Crippen LogP contribution in [-0.2, 0) is 0 Å². The average molecular weight is 278 g/mol. The normalized spacial score (nSPS) is 16.2. The van der Waals surface area contributed by atoms with E-state index in [0.717, 1.165) is 37.6 Å². The van der Waals surface area contributed by atoms with Crippen LogP contribution in [0.4, 0.5) is 11.6 Å². The van der Waals surface area contributed by atoms with Gasteiger partial charge in [0.2, 0.25) is 0 Å². The number of piperidine rings is 1. The third-order valence-electron chi connectivity index (χ3n) is 4.25. The van der Waals surface area contributed by atoms with E-state index in [0.29, 0.717) is 6.54 Å². The Bertz CT molecular complexity index is 414. The van der Waals surface area contributed by atoms with Crippen molar-refractivity contribution in [1.82, 2.24) is 9.97 Å². The van der Waals surface area contributed by atoms with Gasteiger partial charge in [-0.15, -0.1) is 0 Å². The lowest BCUT2D eigenvalue weighted by Gasteiger charge is -2.28. The average Bonchev–Trinajstić information content (AvgIpc) is 2.54. The van der Waals surface area contributed by atoms with E-state index in [4.69, 9.17) is 0 Å². The first-order valence-corrected chi connectivity index (χ1v) is 7.70. The summed E-state index contributed by atoms with van der Waals surface area (Å²) in [6.07, 6.45) is 6.85. The summed E-state index contributed by atoms with van der Waals surface area (Å²) < 4.78 is 0. The van der Waals surface area contributed by atoms with Gasteiger partial charge in [0.15, 0.2) is 0 Å². The first-order valence-electron chi connectivity index (χ1n) is 7.70. The Morgan fingerprint density at radius 1 is 1.20 bits per heavy atom. The van der Waals surface area contributed by atoms with Crippen molar-refractivity contribution in [2.24, 2.45) is 0 Å². The lowest BCUT2D eigenvalue weighted by atomic mass is 9.98. The van der Waals surface area contributed by atoms with Crippen molar-refractivity contribution < 1.29 is 5.11 Å². The lowest BCUT2D eigenvalue weighted by Crippen LogP contribution is -2.35. The van der Waals surface area contributed by atoms with Crippen LogP contribution in [0.2, 0.25) is 0 Å². The van der Waals surface area contributed by atoms with Crippen LogP contribution < -0.4 is 10.2 Å². The van der Waals surface area contributed by atoms with E-state index < -0.39 is 5.60 Å². The minimum Gasteiger partial charge on any atom is -0.388 e. The van der Waals surface area contributed by atoms with Gasteiger partial charge in [-0.2, -0.15) is 0 Å². The fraction of sp³-hybridized carbons (Fsp3) is 0.733. The molecule has 2 N–H and O–H groups in total. The van der Waals surface area contributed by atoms with E-state index in [1.165, 1.54) is 19.3 Å². The quantitative estimate of drug-likeness (QED) is 0.837. The second-order valence-corrected chi connectivity index (χ2v) is 5.59. The second kappa shape index (κ2) is 6.88. The number of aliphatic hydroxyl groups is 1. The predicted molar refractivity (Wildman–Crippen MR) is 82.1 cm³/mol. The number of rotatable bonds is 6. The van der Waals surface area contributed by atoms with Crippen LogP contribution >= 0.6 is 0 Å². The van der Waals surface area contributed by atoms with Gasteiger partial charge >= 0.3 is 0 Å². The molecule has 1 aliphatic heterocycles. The molecule has 0 saturated carbocycles. The summed E-state index contributed by atoms with van der Waals surface area (Å²) in [6.45, 7) is 6.68. The van der Waals surface area contributed by atoms with E-state index >= 15 is 0 Å². The fourth-order valence-electron chi connectivity index (χ4n) is 2.49. The van der Waals surface area contributed by atoms with E-state index in [2.05, 4.69) is 20.2 Å². The first-order chi connectivity index (χ1) is 9.67. The smallest absolute Gasteiger partial charge is 0.134 e. The number of nitrogens with one attached hydrogen (secondary N) is 1. The van der Waals surface area contributed by atoms with Crippen LogP contribution in [0.25, 0.3) is 0 Å². The summed E-state index contributed by atoms with van der Waals surface area (Å²) in [6, 6.07) is 1.98. The highest BCUT2D eigenvalue weighted by atomic mass is 16.3. The van der Waals surface area contributed by atoms with E-state index in [1.807, 2.05) is 19.9 Å². The Labute approximate surface area is 121 Å². The summed E-state index contributed by atoms with van der Waals surface area (Å²) >= 11 is 0. The standard InChI is InChI=1S/C15H26N4O/c1-3-15(20,4-2)11-16-13-10-14(18-12-17-13)19-8-6-5-7-9-19/h10,12,20H,3-9,11H2,1-2H3,(H,16,17,18). The van der Waals surface area contributed by atoms with Crippen molar-refractivity contribution in [3.63, 3.8) is 0 Å². The molecule has 20 heavy (non-hydrogen) atoms. The van der Waals surface area contributed by atoms with Crippen molar-refractivity contribution >= 4 is 11.6 Å². The van der Waals surface area contributed by atoms with Crippen molar-refractivity contribution in [3.05, 3.63) is 12.4 Å². The molecule has 0 bridgehead atoms. The maximum absolute atomic E-state index is 10.3. The number of anilines is 2. The summed E-state index contributed by atoms with van der Waals surface area (Å²) in [5.41, 5.74) is -0.657. The highest BCUT2D eigenvalue weighted by molar-refractivity contribution is 5.48. The van der Waals surface area contributed by atoms with Crippen LogP contribution in [0.3, 0.4) is 0 Å². The molecule has 0 unspecified atom stereocenters. The zero-order valence-corrected chi connectivity index (χ0v) is 12.6. The van der Waals surface area contributed by atoms with Crippen LogP contribution in [0.5, 0.6) is 0 Å². The summed E-state index contributed by atoms with van der Waals surface area (Å²) in [5.74, 6) is 1.78. The molecule has 1 saturated heterocycles. The molecule has 2 rings (SSSR count). The minimum atomic E-state index is -0.657. The van der Waals surface area contributed by atoms with E-state index in [1.54, 1.807) is 6.33 Å². The molecule has 0 amide bonds. The van der Waals surface area contributed by atoms with Crippen LogP contribution in [0, 0.1) is 0 Å². The second-order valence-electron chi connectivity index (χ2n) is 5.59. The molecule has 0 atom stereocenters. The zero-order valence-electron chi connectivity index (χ0n) is 12.6. The molecule has 0 aromatic carbocycles. The molecule has 1 aromatic heterocycles. The highest BCUT2D eigenvalue weighted by Gasteiger charge is 2.22. The molecule has 0 spiro atoms. The molecule has 5 heteroatoms. The van der Waals surface area contributed by atoms with E-state index in [9.17, 15) is 5.11 Å². The molecule has 0 aliphatic carbocycles. The Morgan fingerprint density at radius 3 is 2.55 bits per heavy atom. The van der Waals surface area contributed by atoms with Crippen LogP contribution in [0.1, 0.15) is 46.0 Å². The van der Waals surface area contributed by atoms with Gasteiger partial charge < -0.3 is 15.3 Å². The number of hydrogen-bond donors (Lipinski definition) is 2. The van der Waals surface area contributed by atoms with Crippen molar-refractivity contribution in [3.8, 4) is 0 Å². The van der Waals surface area contributed by atoms with Gasteiger partial charge in [0.05, 0.1) is 5.60 Å². The lowest BCUT2D eigenvalue weighted by molar-refractivity contribution is 0.0456. The largest absolute Gasteiger partial charge is 0.388 e. The number of nitrogens with zero attached hydrogens (tertiary/aromatic N) is 3. The van der Waals surface area contributed by atoms with Gasteiger partial charge in [0.25, 0.3) is 0 Å². The van der Waals surface area contributed by atoms with Crippen molar-refractivity contribution in [2.45, 2.75) is 51.6 Å². The zero-order chi connectivity index (χ0) is 14.4. The summed E-state index contributed by atoms with van der Waals surface area (Å²) in [7, 11) is 0. The molecule has 5 nitrogen and oxygen atoms in total. The minimum absolute atomic E-state index is 0.524. The summed E-state index contributed by atoms with van der Waals surface area (Å²) in [4.78, 5) is 10.9. The maximum Gasteiger partial charge on any atom is 0.134 e. The van der Waals surface area contributed by atoms with Crippen LogP contribution in [0.15, 0.2) is 12.4 Å². The molecular weight excluding hydrogens is 252 g/mol. The summed E-state index contributed by atoms with van der Waals surface area (Å²) in [5, 5.41) is 13.5. The molecule has 1 fully saturated rings. The third-order valence-corrected chi connectivity index (χ3v) is 4.25. The SMILES string of the molecule is CCC(O)(CC)CNc1cc(N2CCCCC2)ncn1.